The number of amides is 1. The molecule has 0 radical (unpaired) electrons. The van der Waals surface area contributed by atoms with E-state index < -0.39 is 32.9 Å². The number of pyridine rings is 2. The van der Waals surface area contributed by atoms with E-state index >= 15 is 8.78 Å². The molecule has 5 rings (SSSR count). The minimum atomic E-state index is -3.93. The number of nitrogen functional groups attached to an aromatic ring is 1. The van der Waals surface area contributed by atoms with Gasteiger partial charge in [-0.1, -0.05) is 26.5 Å². The molecule has 1 atom stereocenters. The highest BCUT2D eigenvalue weighted by atomic mass is 32.2. The van der Waals surface area contributed by atoms with Gasteiger partial charge in [0.1, 0.15) is 17.3 Å². The monoisotopic (exact) mass is 623 g/mol. The van der Waals surface area contributed by atoms with Crippen molar-refractivity contribution in [3.63, 3.8) is 0 Å². The van der Waals surface area contributed by atoms with E-state index in [1.165, 1.54) is 30.5 Å². The van der Waals surface area contributed by atoms with Gasteiger partial charge in [0, 0.05) is 43.8 Å². The Morgan fingerprint density at radius 1 is 1.16 bits per heavy atom. The maximum atomic E-state index is 15.9. The van der Waals surface area contributed by atoms with Crippen LogP contribution in [0.4, 0.5) is 20.3 Å². The SMILES string of the molecule is C=CC(=O)N1CCN(c2nc(=O)n(-c3c(S(C)(=O)=O)ccnc3C(C)C)c3nc(-c4c(N)cccc4F)c(F)cc23)[C@@H](C)C1. The lowest BCUT2D eigenvalue weighted by Gasteiger charge is -2.40. The smallest absolute Gasteiger partial charge is 0.355 e. The average Bonchev–Trinajstić information content (AvgIpc) is 2.96. The number of carbonyl (C=O) groups is 1. The van der Waals surface area contributed by atoms with Gasteiger partial charge in [0.2, 0.25) is 5.91 Å². The van der Waals surface area contributed by atoms with E-state index in [1.54, 1.807) is 23.6 Å². The Balaban J connectivity index is 1.90. The molecule has 1 aliphatic heterocycles. The number of nitrogens with two attached hydrogens (primary N) is 1. The van der Waals surface area contributed by atoms with Crippen LogP contribution in [0.2, 0.25) is 0 Å². The van der Waals surface area contributed by atoms with Crippen LogP contribution in [0.1, 0.15) is 32.4 Å². The highest BCUT2D eigenvalue weighted by Gasteiger charge is 2.32. The van der Waals surface area contributed by atoms with Crippen LogP contribution >= 0.6 is 0 Å². The molecule has 44 heavy (non-hydrogen) atoms. The summed E-state index contributed by atoms with van der Waals surface area (Å²) in [4.78, 5) is 42.6. The Morgan fingerprint density at radius 3 is 2.50 bits per heavy atom. The predicted octanol–water partition coefficient (Wildman–Crippen LogP) is 3.45. The molecule has 0 saturated carbocycles. The molecule has 14 heteroatoms. The van der Waals surface area contributed by atoms with Crippen LogP contribution in [0.5, 0.6) is 0 Å². The number of hydrogen-bond acceptors (Lipinski definition) is 9. The van der Waals surface area contributed by atoms with Crippen molar-refractivity contribution < 1.29 is 22.0 Å². The van der Waals surface area contributed by atoms with Gasteiger partial charge in [0.25, 0.3) is 0 Å². The van der Waals surface area contributed by atoms with Gasteiger partial charge in [-0.05, 0) is 43.2 Å². The molecule has 11 nitrogen and oxygen atoms in total. The van der Waals surface area contributed by atoms with Gasteiger partial charge in [-0.3, -0.25) is 9.78 Å². The fourth-order valence-electron chi connectivity index (χ4n) is 5.49. The van der Waals surface area contributed by atoms with Crippen molar-refractivity contribution in [2.75, 3.05) is 36.5 Å². The minimum Gasteiger partial charge on any atom is -0.398 e. The Bertz CT molecular complexity index is 1980. The molecule has 1 fully saturated rings. The molecule has 4 aromatic rings. The van der Waals surface area contributed by atoms with Crippen molar-refractivity contribution in [1.29, 1.82) is 0 Å². The van der Waals surface area contributed by atoms with Crippen LogP contribution in [-0.2, 0) is 14.6 Å². The summed E-state index contributed by atoms with van der Waals surface area (Å²) in [5.41, 5.74) is 4.27. The number of hydrogen-bond donors (Lipinski definition) is 1. The Hall–Kier alpha value is -4.72. The van der Waals surface area contributed by atoms with Crippen LogP contribution in [-0.4, -0.2) is 70.7 Å². The number of fused-ring (bicyclic) bond motifs is 1. The van der Waals surface area contributed by atoms with Gasteiger partial charge in [0.05, 0.1) is 27.2 Å². The molecule has 0 spiro atoms. The molecule has 1 saturated heterocycles. The van der Waals surface area contributed by atoms with E-state index in [-0.39, 0.29) is 81.9 Å². The zero-order valence-corrected chi connectivity index (χ0v) is 25.4. The van der Waals surface area contributed by atoms with E-state index in [0.29, 0.717) is 0 Å². The van der Waals surface area contributed by atoms with Crippen LogP contribution < -0.4 is 16.3 Å². The molecular weight excluding hydrogens is 592 g/mol. The highest BCUT2D eigenvalue weighted by Crippen LogP contribution is 2.36. The summed E-state index contributed by atoms with van der Waals surface area (Å²) in [5, 5.41) is 0.0640. The van der Waals surface area contributed by atoms with Gasteiger partial charge < -0.3 is 15.5 Å². The van der Waals surface area contributed by atoms with Crippen LogP contribution in [0.3, 0.4) is 0 Å². The number of anilines is 2. The number of nitrogens with zero attached hydrogens (tertiary/aromatic N) is 6. The van der Waals surface area contributed by atoms with Gasteiger partial charge in [0.15, 0.2) is 21.3 Å². The molecule has 1 amide bonds. The maximum Gasteiger partial charge on any atom is 0.355 e. The zero-order valence-electron chi connectivity index (χ0n) is 24.6. The Labute approximate surface area is 252 Å². The van der Waals surface area contributed by atoms with Crippen LogP contribution in [0.25, 0.3) is 28.0 Å². The van der Waals surface area contributed by atoms with Crippen molar-refractivity contribution in [1.82, 2.24) is 24.4 Å². The third-order valence-corrected chi connectivity index (χ3v) is 8.68. The standard InChI is InChI=1S/C30H31F2N7O4S/c1-6-23(40)37-12-13-38(17(4)15-37)28-18-14-20(32)26(24-19(31)8-7-9-21(24)33)35-29(18)39(30(41)36-28)27-22(44(5,42)43)10-11-34-25(27)16(2)3/h6-11,14,16-17H,1,12-13,15,33H2,2-5H3/t17-/m0/s1. The third kappa shape index (κ3) is 5.29. The number of sulfone groups is 1. The molecule has 1 aliphatic rings. The van der Waals surface area contributed by atoms with Crippen molar-refractivity contribution in [2.24, 2.45) is 0 Å². The first-order valence-corrected chi connectivity index (χ1v) is 15.7. The molecule has 1 aromatic carbocycles. The summed E-state index contributed by atoms with van der Waals surface area (Å²) in [6.45, 7) is 9.70. The van der Waals surface area contributed by atoms with E-state index in [1.807, 2.05) is 6.92 Å². The lowest BCUT2D eigenvalue weighted by Crippen LogP contribution is -2.54. The van der Waals surface area contributed by atoms with Crippen molar-refractivity contribution in [3.05, 3.63) is 77.0 Å². The largest absolute Gasteiger partial charge is 0.398 e. The van der Waals surface area contributed by atoms with Gasteiger partial charge in [-0.2, -0.15) is 4.98 Å². The fraction of sp³-hybridized carbons (Fsp3) is 0.300. The van der Waals surface area contributed by atoms with Crippen LogP contribution in [0, 0.1) is 11.6 Å². The number of aromatic nitrogens is 4. The van der Waals surface area contributed by atoms with Gasteiger partial charge in [-0.25, -0.2) is 31.5 Å². The summed E-state index contributed by atoms with van der Waals surface area (Å²) in [6.07, 6.45) is 3.54. The Kier molecular flexibility index (Phi) is 7.97. The predicted molar refractivity (Wildman–Crippen MR) is 163 cm³/mol. The van der Waals surface area contributed by atoms with Crippen LogP contribution in [0.15, 0.2) is 58.9 Å². The lowest BCUT2D eigenvalue weighted by atomic mass is 10.1. The highest BCUT2D eigenvalue weighted by molar-refractivity contribution is 7.90. The van der Waals surface area contributed by atoms with E-state index in [0.717, 1.165) is 23.0 Å². The summed E-state index contributed by atoms with van der Waals surface area (Å²) < 4.78 is 58.0. The number of rotatable bonds is 6. The van der Waals surface area contributed by atoms with Gasteiger partial charge >= 0.3 is 5.69 Å². The molecule has 0 unspecified atom stereocenters. The lowest BCUT2D eigenvalue weighted by molar-refractivity contribution is -0.126. The quantitative estimate of drug-likeness (QED) is 0.252. The number of piperazine rings is 1. The van der Waals surface area contributed by atoms with Crippen molar-refractivity contribution in [3.8, 4) is 16.9 Å². The van der Waals surface area contributed by atoms with Crippen molar-refractivity contribution in [2.45, 2.75) is 37.6 Å². The van der Waals surface area contributed by atoms with E-state index in [9.17, 15) is 18.0 Å². The topological polar surface area (TPSA) is 144 Å². The normalized spacial score (nSPS) is 15.7. The first-order valence-electron chi connectivity index (χ1n) is 13.8. The summed E-state index contributed by atoms with van der Waals surface area (Å²) in [7, 11) is -3.93. The molecule has 0 bridgehead atoms. The summed E-state index contributed by atoms with van der Waals surface area (Å²) in [5.74, 6) is -2.30. The van der Waals surface area contributed by atoms with Gasteiger partial charge in [-0.15, -0.1) is 0 Å². The maximum absolute atomic E-state index is 15.9. The zero-order chi connectivity index (χ0) is 32.1. The van der Waals surface area contributed by atoms with Crippen molar-refractivity contribution >= 4 is 38.3 Å². The summed E-state index contributed by atoms with van der Waals surface area (Å²) in [6, 6.07) is 5.85. The number of halogens is 2. The molecule has 4 heterocycles. The summed E-state index contributed by atoms with van der Waals surface area (Å²) >= 11 is 0. The molecule has 3 aromatic heterocycles. The van der Waals surface area contributed by atoms with E-state index in [2.05, 4.69) is 21.5 Å². The second kappa shape index (κ2) is 11.4. The first kappa shape index (κ1) is 30.7. The molecule has 230 valence electrons. The second-order valence-corrected chi connectivity index (χ2v) is 12.9. The molecule has 2 N–H and O–H groups in total. The minimum absolute atomic E-state index is 0.0640. The average molecular weight is 624 g/mol. The third-order valence-electron chi connectivity index (χ3n) is 7.56. The second-order valence-electron chi connectivity index (χ2n) is 10.9. The number of benzene rings is 1. The number of carbonyl (C=O) groups excluding carboxylic acids is 1. The Morgan fingerprint density at radius 2 is 1.89 bits per heavy atom. The molecule has 0 aliphatic carbocycles. The first-order chi connectivity index (χ1) is 20.7. The fourth-order valence-corrected chi connectivity index (χ4v) is 6.35. The van der Waals surface area contributed by atoms with E-state index in [4.69, 9.17) is 5.73 Å². The molecular formula is C30H31F2N7O4S.